The van der Waals surface area contributed by atoms with Gasteiger partial charge in [-0.3, -0.25) is 9.00 Å². The number of amides is 1. The number of carbonyl (C=O) groups is 1. The SMILES string of the molecule is O=C(CS(=O)Cc1c(F)cccc1Cl)Nc1ccccc1. The van der Waals surface area contributed by atoms with Crippen LogP contribution in [0.2, 0.25) is 5.02 Å². The van der Waals surface area contributed by atoms with Crippen LogP contribution in [0, 0.1) is 5.82 Å². The van der Waals surface area contributed by atoms with Gasteiger partial charge in [-0.05, 0) is 24.3 Å². The van der Waals surface area contributed by atoms with Gasteiger partial charge in [0.05, 0.1) is 5.75 Å². The maximum absolute atomic E-state index is 13.6. The lowest BCUT2D eigenvalue weighted by Crippen LogP contribution is -2.20. The van der Waals surface area contributed by atoms with Crippen LogP contribution in [0.1, 0.15) is 5.56 Å². The Bertz CT molecular complexity index is 644. The molecule has 6 heteroatoms. The molecule has 21 heavy (non-hydrogen) atoms. The monoisotopic (exact) mass is 325 g/mol. The van der Waals surface area contributed by atoms with Crippen LogP contribution in [0.3, 0.4) is 0 Å². The zero-order valence-electron chi connectivity index (χ0n) is 11.0. The first kappa shape index (κ1) is 15.7. The summed E-state index contributed by atoms with van der Waals surface area (Å²) >= 11 is 5.86. The number of para-hydroxylation sites is 1. The average Bonchev–Trinajstić information content (AvgIpc) is 2.44. The second-order valence-corrected chi connectivity index (χ2v) is 6.21. The number of nitrogens with one attached hydrogen (secondary N) is 1. The lowest BCUT2D eigenvalue weighted by molar-refractivity contribution is -0.113. The Labute approximate surface area is 129 Å². The Kier molecular flexibility index (Phi) is 5.47. The van der Waals surface area contributed by atoms with Crippen molar-refractivity contribution in [2.75, 3.05) is 11.1 Å². The molecule has 0 saturated carbocycles. The van der Waals surface area contributed by atoms with E-state index in [1.54, 1.807) is 24.3 Å². The van der Waals surface area contributed by atoms with Gasteiger partial charge in [-0.2, -0.15) is 0 Å². The van der Waals surface area contributed by atoms with Gasteiger partial charge in [0.1, 0.15) is 11.6 Å². The Morgan fingerprint density at radius 2 is 1.86 bits per heavy atom. The Hall–Kier alpha value is -1.72. The van der Waals surface area contributed by atoms with E-state index in [1.165, 1.54) is 18.2 Å². The molecule has 0 fully saturated rings. The molecule has 0 saturated heterocycles. The molecule has 1 amide bonds. The van der Waals surface area contributed by atoms with E-state index in [1.807, 2.05) is 6.07 Å². The van der Waals surface area contributed by atoms with Crippen LogP contribution < -0.4 is 5.32 Å². The second-order valence-electron chi connectivity index (χ2n) is 4.34. The third kappa shape index (κ3) is 4.65. The number of anilines is 1. The summed E-state index contributed by atoms with van der Waals surface area (Å²) in [5, 5.41) is 2.84. The Morgan fingerprint density at radius 1 is 1.14 bits per heavy atom. The van der Waals surface area contributed by atoms with Crippen LogP contribution in [0.15, 0.2) is 48.5 Å². The van der Waals surface area contributed by atoms with Gasteiger partial charge in [-0.15, -0.1) is 0 Å². The summed E-state index contributed by atoms with van der Waals surface area (Å²) in [5.41, 5.74) is 0.799. The highest BCUT2D eigenvalue weighted by molar-refractivity contribution is 7.85. The fraction of sp³-hybridized carbons (Fsp3) is 0.133. The minimum atomic E-state index is -1.53. The number of hydrogen-bond donors (Lipinski definition) is 1. The van der Waals surface area contributed by atoms with Gasteiger partial charge < -0.3 is 5.32 Å². The molecule has 2 aromatic rings. The zero-order valence-corrected chi connectivity index (χ0v) is 12.6. The molecule has 3 nitrogen and oxygen atoms in total. The normalized spacial score (nSPS) is 11.9. The van der Waals surface area contributed by atoms with E-state index in [0.717, 1.165) is 0 Å². The first-order valence-electron chi connectivity index (χ1n) is 6.19. The van der Waals surface area contributed by atoms with Crippen molar-refractivity contribution in [3.8, 4) is 0 Å². The number of rotatable bonds is 5. The van der Waals surface area contributed by atoms with E-state index in [2.05, 4.69) is 5.32 Å². The number of carbonyl (C=O) groups excluding carboxylic acids is 1. The smallest absolute Gasteiger partial charge is 0.237 e. The number of benzene rings is 2. The van der Waals surface area contributed by atoms with Crippen LogP contribution >= 0.6 is 11.6 Å². The summed E-state index contributed by atoms with van der Waals surface area (Å²) in [6, 6.07) is 13.1. The van der Waals surface area contributed by atoms with Gasteiger partial charge in [-0.1, -0.05) is 35.9 Å². The highest BCUT2D eigenvalue weighted by atomic mass is 35.5. The molecule has 1 atom stereocenters. The standard InChI is InChI=1S/C15H13ClFNO2S/c16-13-7-4-8-14(17)12(13)9-21(20)10-15(19)18-11-5-2-1-3-6-11/h1-8H,9-10H2,(H,18,19). The summed E-state index contributed by atoms with van der Waals surface area (Å²) in [6.07, 6.45) is 0. The van der Waals surface area contributed by atoms with E-state index in [-0.39, 0.29) is 28.0 Å². The van der Waals surface area contributed by atoms with Gasteiger partial charge in [-0.25, -0.2) is 4.39 Å². The lowest BCUT2D eigenvalue weighted by atomic mass is 10.2. The summed E-state index contributed by atoms with van der Waals surface area (Å²) in [4.78, 5) is 11.8. The fourth-order valence-corrected chi connectivity index (χ4v) is 3.14. The van der Waals surface area contributed by atoms with Crippen molar-refractivity contribution in [2.24, 2.45) is 0 Å². The van der Waals surface area contributed by atoms with E-state index in [0.29, 0.717) is 5.69 Å². The molecule has 0 aliphatic rings. The van der Waals surface area contributed by atoms with Crippen molar-refractivity contribution < 1.29 is 13.4 Å². The van der Waals surface area contributed by atoms with Gasteiger partial charge in [0.25, 0.3) is 0 Å². The summed E-state index contributed by atoms with van der Waals surface area (Å²) in [7, 11) is -1.53. The molecule has 0 radical (unpaired) electrons. The van der Waals surface area contributed by atoms with Crippen molar-refractivity contribution in [1.82, 2.24) is 0 Å². The van der Waals surface area contributed by atoms with Crippen molar-refractivity contribution in [3.05, 3.63) is 64.9 Å². The molecule has 0 spiro atoms. The van der Waals surface area contributed by atoms with Crippen molar-refractivity contribution >= 4 is 34.0 Å². The second kappa shape index (κ2) is 7.33. The minimum Gasteiger partial charge on any atom is -0.325 e. The van der Waals surface area contributed by atoms with E-state index in [4.69, 9.17) is 11.6 Å². The van der Waals surface area contributed by atoms with Gasteiger partial charge >= 0.3 is 0 Å². The lowest BCUT2D eigenvalue weighted by Gasteiger charge is -2.07. The summed E-state index contributed by atoms with van der Waals surface area (Å²) in [5.74, 6) is -1.20. The summed E-state index contributed by atoms with van der Waals surface area (Å²) in [6.45, 7) is 0. The van der Waals surface area contributed by atoms with E-state index >= 15 is 0 Å². The first-order chi connectivity index (χ1) is 10.1. The molecular formula is C15H13ClFNO2S. The van der Waals surface area contributed by atoms with Crippen LogP contribution in [0.5, 0.6) is 0 Å². The fourth-order valence-electron chi connectivity index (χ4n) is 1.75. The molecule has 110 valence electrons. The molecule has 1 unspecified atom stereocenters. The van der Waals surface area contributed by atoms with Crippen LogP contribution in [0.4, 0.5) is 10.1 Å². The van der Waals surface area contributed by atoms with Gasteiger partial charge in [0.2, 0.25) is 5.91 Å². The molecule has 0 heterocycles. The predicted octanol–water partition coefficient (Wildman–Crippen LogP) is 3.37. The van der Waals surface area contributed by atoms with Gasteiger partial charge in [0.15, 0.2) is 0 Å². The van der Waals surface area contributed by atoms with Crippen molar-refractivity contribution in [3.63, 3.8) is 0 Å². The molecule has 2 aromatic carbocycles. The topological polar surface area (TPSA) is 46.2 Å². The highest BCUT2D eigenvalue weighted by Crippen LogP contribution is 2.20. The quantitative estimate of drug-likeness (QED) is 0.916. The van der Waals surface area contributed by atoms with Crippen molar-refractivity contribution in [1.29, 1.82) is 0 Å². The molecule has 2 rings (SSSR count). The van der Waals surface area contributed by atoms with E-state index < -0.39 is 16.6 Å². The zero-order chi connectivity index (χ0) is 15.2. The van der Waals surface area contributed by atoms with Crippen LogP contribution in [-0.4, -0.2) is 15.9 Å². The minimum absolute atomic E-state index is 0.0896. The van der Waals surface area contributed by atoms with Crippen molar-refractivity contribution in [2.45, 2.75) is 5.75 Å². The summed E-state index contributed by atoms with van der Waals surface area (Å²) < 4.78 is 25.5. The third-order valence-electron chi connectivity index (χ3n) is 2.72. The molecule has 0 aromatic heterocycles. The Balaban J connectivity index is 1.94. The first-order valence-corrected chi connectivity index (χ1v) is 8.05. The third-order valence-corrected chi connectivity index (χ3v) is 4.27. The average molecular weight is 326 g/mol. The number of hydrogen-bond acceptors (Lipinski definition) is 2. The molecule has 0 aliphatic heterocycles. The Morgan fingerprint density at radius 3 is 2.52 bits per heavy atom. The highest BCUT2D eigenvalue weighted by Gasteiger charge is 2.14. The largest absolute Gasteiger partial charge is 0.325 e. The molecule has 0 aliphatic carbocycles. The van der Waals surface area contributed by atoms with Crippen LogP contribution in [-0.2, 0) is 21.3 Å². The number of halogens is 2. The molecular weight excluding hydrogens is 313 g/mol. The van der Waals surface area contributed by atoms with E-state index in [9.17, 15) is 13.4 Å². The maximum atomic E-state index is 13.6. The molecule has 1 N–H and O–H groups in total. The van der Waals surface area contributed by atoms with Crippen LogP contribution in [0.25, 0.3) is 0 Å². The predicted molar refractivity (Wildman–Crippen MR) is 83.2 cm³/mol. The molecule has 0 bridgehead atoms. The maximum Gasteiger partial charge on any atom is 0.237 e. The van der Waals surface area contributed by atoms with Gasteiger partial charge in [0, 0.05) is 27.1 Å².